The van der Waals surface area contributed by atoms with E-state index in [9.17, 15) is 18.5 Å². The van der Waals surface area contributed by atoms with Gasteiger partial charge in [-0.2, -0.15) is 0 Å². The van der Waals surface area contributed by atoms with E-state index >= 15 is 0 Å². The lowest BCUT2D eigenvalue weighted by molar-refractivity contribution is -0.385. The van der Waals surface area contributed by atoms with E-state index in [1.807, 2.05) is 18.2 Å². The number of nitrogens with zero attached hydrogens (tertiary/aromatic N) is 3. The Kier molecular flexibility index (Phi) is 4.48. The average Bonchev–Trinajstić information content (AvgIpc) is 3.13. The fourth-order valence-electron chi connectivity index (χ4n) is 3.51. The molecule has 0 saturated carbocycles. The largest absolute Gasteiger partial charge is 0.378 e. The maximum absolute atomic E-state index is 13.0. The number of hydrogen-bond donors (Lipinski definition) is 0. The summed E-state index contributed by atoms with van der Waals surface area (Å²) in [7, 11) is -3.85. The third-order valence-electron chi connectivity index (χ3n) is 4.91. The fraction of sp³-hybridized carbons (Fsp3) is 0.333. The van der Waals surface area contributed by atoms with Gasteiger partial charge in [-0.1, -0.05) is 6.07 Å². The van der Waals surface area contributed by atoms with Crippen LogP contribution < -0.4 is 9.21 Å². The normalized spacial score (nSPS) is 17.0. The van der Waals surface area contributed by atoms with Gasteiger partial charge < -0.3 is 9.64 Å². The predicted octanol–water partition coefficient (Wildman–Crippen LogP) is 2.18. The molecule has 8 nitrogen and oxygen atoms in total. The number of nitro groups is 1. The number of ether oxygens (including phenoxy) is 1. The van der Waals surface area contributed by atoms with Crippen LogP contribution >= 0.6 is 0 Å². The van der Waals surface area contributed by atoms with Crippen LogP contribution in [0.1, 0.15) is 5.56 Å². The number of rotatable bonds is 4. The zero-order valence-electron chi connectivity index (χ0n) is 14.6. The Morgan fingerprint density at radius 2 is 1.81 bits per heavy atom. The first kappa shape index (κ1) is 17.7. The molecule has 0 radical (unpaired) electrons. The molecule has 0 amide bonds. The van der Waals surface area contributed by atoms with E-state index in [1.165, 1.54) is 22.5 Å². The Labute approximate surface area is 157 Å². The highest BCUT2D eigenvalue weighted by Crippen LogP contribution is 2.36. The second kappa shape index (κ2) is 6.82. The maximum Gasteiger partial charge on any atom is 0.270 e. The number of sulfonamides is 1. The predicted molar refractivity (Wildman–Crippen MR) is 101 cm³/mol. The SMILES string of the molecule is O=[N+]([O-])c1cccc(S(=O)(=O)N2CCc3cc(N4CCOCC4)ccc32)c1. The van der Waals surface area contributed by atoms with Gasteiger partial charge >= 0.3 is 0 Å². The minimum Gasteiger partial charge on any atom is -0.378 e. The highest BCUT2D eigenvalue weighted by atomic mass is 32.2. The van der Waals surface area contributed by atoms with Gasteiger partial charge in [0.1, 0.15) is 0 Å². The Hall–Kier alpha value is -2.65. The molecule has 1 fully saturated rings. The first-order valence-electron chi connectivity index (χ1n) is 8.69. The third kappa shape index (κ3) is 3.24. The highest BCUT2D eigenvalue weighted by molar-refractivity contribution is 7.92. The van der Waals surface area contributed by atoms with E-state index in [2.05, 4.69) is 4.90 Å². The van der Waals surface area contributed by atoms with Gasteiger partial charge in [0.25, 0.3) is 15.7 Å². The van der Waals surface area contributed by atoms with E-state index in [1.54, 1.807) is 0 Å². The molecular weight excluding hydrogens is 370 g/mol. The van der Waals surface area contributed by atoms with Crippen molar-refractivity contribution < 1.29 is 18.1 Å². The zero-order chi connectivity index (χ0) is 19.0. The number of anilines is 2. The molecule has 2 aliphatic heterocycles. The molecule has 2 aromatic carbocycles. The summed E-state index contributed by atoms with van der Waals surface area (Å²) in [6.45, 7) is 3.32. The van der Waals surface area contributed by atoms with Gasteiger partial charge in [0, 0.05) is 37.5 Å². The van der Waals surface area contributed by atoms with E-state index in [4.69, 9.17) is 4.74 Å². The van der Waals surface area contributed by atoms with Gasteiger partial charge in [-0.15, -0.1) is 0 Å². The van der Waals surface area contributed by atoms with Crippen LogP contribution in [0, 0.1) is 10.1 Å². The van der Waals surface area contributed by atoms with Crippen LogP contribution in [-0.4, -0.2) is 46.2 Å². The molecule has 0 atom stereocenters. The minimum atomic E-state index is -3.85. The van der Waals surface area contributed by atoms with Crippen molar-refractivity contribution in [1.82, 2.24) is 0 Å². The van der Waals surface area contributed by atoms with E-state index in [0.29, 0.717) is 31.9 Å². The summed E-state index contributed by atoms with van der Waals surface area (Å²) in [6.07, 6.45) is 0.613. The van der Waals surface area contributed by atoms with Crippen molar-refractivity contribution in [2.75, 3.05) is 42.1 Å². The van der Waals surface area contributed by atoms with Gasteiger partial charge in [-0.3, -0.25) is 14.4 Å². The van der Waals surface area contributed by atoms with Crippen LogP contribution in [0.25, 0.3) is 0 Å². The minimum absolute atomic E-state index is 0.0678. The molecule has 0 bridgehead atoms. The topological polar surface area (TPSA) is 93.0 Å². The lowest BCUT2D eigenvalue weighted by Gasteiger charge is -2.29. The van der Waals surface area contributed by atoms with Crippen molar-refractivity contribution in [3.63, 3.8) is 0 Å². The molecule has 0 N–H and O–H groups in total. The standard InChI is InChI=1S/C18H19N3O5S/c22-21(23)16-2-1-3-17(13-16)27(24,25)20-7-6-14-12-15(4-5-18(14)20)19-8-10-26-11-9-19/h1-5,12-13H,6-11H2. The third-order valence-corrected chi connectivity index (χ3v) is 6.72. The Morgan fingerprint density at radius 1 is 1.04 bits per heavy atom. The lowest BCUT2D eigenvalue weighted by Crippen LogP contribution is -2.36. The number of hydrogen-bond acceptors (Lipinski definition) is 6. The van der Waals surface area contributed by atoms with Crippen molar-refractivity contribution in [1.29, 1.82) is 0 Å². The summed E-state index contributed by atoms with van der Waals surface area (Å²) in [4.78, 5) is 12.5. The van der Waals surface area contributed by atoms with Crippen LogP contribution in [0.5, 0.6) is 0 Å². The van der Waals surface area contributed by atoms with Gasteiger partial charge in [0.05, 0.1) is 28.7 Å². The molecule has 2 aromatic rings. The van der Waals surface area contributed by atoms with Crippen molar-refractivity contribution in [3.05, 3.63) is 58.1 Å². The maximum atomic E-state index is 13.0. The Morgan fingerprint density at radius 3 is 2.56 bits per heavy atom. The summed E-state index contributed by atoms with van der Waals surface area (Å²) in [6, 6.07) is 10.9. The lowest BCUT2D eigenvalue weighted by atomic mass is 10.1. The molecule has 0 spiro atoms. The van der Waals surface area contributed by atoms with Gasteiger partial charge in [-0.25, -0.2) is 8.42 Å². The van der Waals surface area contributed by atoms with Crippen molar-refractivity contribution in [2.45, 2.75) is 11.3 Å². The zero-order valence-corrected chi connectivity index (χ0v) is 15.4. The Balaban J connectivity index is 1.65. The van der Waals surface area contributed by atoms with E-state index in [-0.39, 0.29) is 10.6 Å². The van der Waals surface area contributed by atoms with Crippen molar-refractivity contribution in [3.8, 4) is 0 Å². The molecule has 2 heterocycles. The molecule has 27 heavy (non-hydrogen) atoms. The summed E-state index contributed by atoms with van der Waals surface area (Å²) in [5, 5.41) is 11.0. The summed E-state index contributed by atoms with van der Waals surface area (Å²) < 4.78 is 32.8. The van der Waals surface area contributed by atoms with Crippen molar-refractivity contribution >= 4 is 27.1 Å². The second-order valence-electron chi connectivity index (χ2n) is 6.49. The molecule has 2 aliphatic rings. The summed E-state index contributed by atoms with van der Waals surface area (Å²) in [5.74, 6) is 0. The molecule has 142 valence electrons. The number of morpholine rings is 1. The first-order chi connectivity index (χ1) is 13.0. The Bertz CT molecular complexity index is 986. The quantitative estimate of drug-likeness (QED) is 0.588. The summed E-state index contributed by atoms with van der Waals surface area (Å²) >= 11 is 0. The summed E-state index contributed by atoms with van der Waals surface area (Å²) in [5.41, 5.74) is 2.43. The van der Waals surface area contributed by atoms with E-state index < -0.39 is 14.9 Å². The number of nitro benzene ring substituents is 1. The van der Waals surface area contributed by atoms with Crippen LogP contribution in [0.15, 0.2) is 47.4 Å². The molecule has 1 saturated heterocycles. The molecule has 0 aromatic heterocycles. The molecule has 0 unspecified atom stereocenters. The molecule has 4 rings (SSSR count). The van der Waals surface area contributed by atoms with E-state index in [0.717, 1.165) is 30.4 Å². The van der Waals surface area contributed by atoms with Crippen LogP contribution in [0.2, 0.25) is 0 Å². The molecular formula is C18H19N3O5S. The van der Waals surface area contributed by atoms with Crippen LogP contribution in [-0.2, 0) is 21.2 Å². The second-order valence-corrected chi connectivity index (χ2v) is 8.36. The van der Waals surface area contributed by atoms with Gasteiger partial charge in [0.15, 0.2) is 0 Å². The first-order valence-corrected chi connectivity index (χ1v) is 10.1. The molecule has 9 heteroatoms. The highest BCUT2D eigenvalue weighted by Gasteiger charge is 2.32. The van der Waals surface area contributed by atoms with Gasteiger partial charge in [0.2, 0.25) is 0 Å². The van der Waals surface area contributed by atoms with Crippen molar-refractivity contribution in [2.24, 2.45) is 0 Å². The number of non-ortho nitro benzene ring substituents is 1. The monoisotopic (exact) mass is 389 g/mol. The van der Waals surface area contributed by atoms with Crippen LogP contribution in [0.4, 0.5) is 17.1 Å². The number of benzene rings is 2. The number of fused-ring (bicyclic) bond motifs is 1. The van der Waals surface area contributed by atoms with Crippen LogP contribution in [0.3, 0.4) is 0 Å². The fourth-order valence-corrected chi connectivity index (χ4v) is 5.05. The average molecular weight is 389 g/mol. The smallest absolute Gasteiger partial charge is 0.270 e. The molecule has 0 aliphatic carbocycles. The van der Waals surface area contributed by atoms with Gasteiger partial charge in [-0.05, 0) is 36.2 Å².